The molecule has 77 heavy (non-hydrogen) atoms. The molecule has 8 fully saturated rings. The van der Waals surface area contributed by atoms with E-state index in [1.165, 1.54) is 148 Å². The van der Waals surface area contributed by atoms with E-state index in [-0.39, 0.29) is 23.1 Å². The average molecular weight is 999 g/mol. The highest BCUT2D eigenvalue weighted by Crippen LogP contribution is 2.64. The highest BCUT2D eigenvalue weighted by atomic mass is 16.3. The molecule has 21 rings (SSSR count). The van der Waals surface area contributed by atoms with Crippen molar-refractivity contribution in [2.75, 3.05) is 4.90 Å². The first-order chi connectivity index (χ1) is 37.6. The third-order valence-electron chi connectivity index (χ3n) is 22.2. The maximum Gasteiger partial charge on any atom is 0.376 e. The topological polar surface area (TPSA) is 34.5 Å². The molecule has 5 heteroatoms. The highest BCUT2D eigenvalue weighted by Gasteiger charge is 2.55. The maximum atomic E-state index is 7.74. The summed E-state index contributed by atoms with van der Waals surface area (Å²) < 4.78 is 18.0. The Kier molecular flexibility index (Phi) is 8.15. The summed E-state index contributed by atoms with van der Waals surface area (Å²) in [7, 11) is 0. The van der Waals surface area contributed by atoms with Gasteiger partial charge in [-0.2, -0.15) is 0 Å². The first-order valence-corrected chi connectivity index (χ1v) is 29.7. The number of hydrogen-bond donors (Lipinski definition) is 0. The van der Waals surface area contributed by atoms with Crippen molar-refractivity contribution in [2.45, 2.75) is 114 Å². The van der Waals surface area contributed by atoms with Crippen molar-refractivity contribution < 1.29 is 8.83 Å². The molecule has 0 atom stereocenters. The Morgan fingerprint density at radius 2 is 1.14 bits per heavy atom. The van der Waals surface area contributed by atoms with Crippen molar-refractivity contribution in [3.63, 3.8) is 0 Å². The van der Waals surface area contributed by atoms with Crippen LogP contribution in [-0.4, -0.2) is 11.3 Å². The van der Waals surface area contributed by atoms with Gasteiger partial charge in [-0.1, -0.05) is 112 Å². The Morgan fingerprint density at radius 1 is 0.494 bits per heavy atom. The number of anilines is 3. The van der Waals surface area contributed by atoms with E-state index in [2.05, 4.69) is 176 Å². The lowest BCUT2D eigenvalue weighted by atomic mass is 9.46. The van der Waals surface area contributed by atoms with Crippen LogP contribution in [0.25, 0.3) is 87.7 Å². The van der Waals surface area contributed by atoms with Gasteiger partial charge in [-0.05, 0) is 227 Å². The Labute approximate surface area is 450 Å². The van der Waals surface area contributed by atoms with E-state index in [1.807, 2.05) is 0 Å². The van der Waals surface area contributed by atoms with Gasteiger partial charge in [0.1, 0.15) is 16.8 Å². The van der Waals surface area contributed by atoms with E-state index in [0.717, 1.165) is 85.8 Å². The van der Waals surface area contributed by atoms with Gasteiger partial charge in [-0.25, -0.2) is 0 Å². The minimum absolute atomic E-state index is 0.0643. The molecule has 0 N–H and O–H groups in total. The van der Waals surface area contributed by atoms with Crippen LogP contribution in [0, 0.1) is 35.5 Å². The van der Waals surface area contributed by atoms with E-state index in [1.54, 1.807) is 11.1 Å². The molecule has 0 radical (unpaired) electrons. The number of nitrogens with zero attached hydrogens (tertiary/aromatic N) is 2. The first kappa shape index (κ1) is 43.1. The second-order valence-corrected chi connectivity index (χ2v) is 27.6. The van der Waals surface area contributed by atoms with E-state index in [4.69, 9.17) is 8.83 Å². The number of para-hydroxylation sites is 1. The monoisotopic (exact) mass is 998 g/mol. The fraction of sp³-hybridized carbons (Fsp3) is 0.333. The van der Waals surface area contributed by atoms with Gasteiger partial charge < -0.3 is 18.2 Å². The smallest absolute Gasteiger partial charge is 0.376 e. The van der Waals surface area contributed by atoms with Gasteiger partial charge in [-0.3, -0.25) is 0 Å². The molecule has 10 aliphatic rings. The fourth-order valence-corrected chi connectivity index (χ4v) is 19.9. The number of fused-ring (bicyclic) bond motifs is 15. The molecular weight excluding hydrogens is 936 g/mol. The van der Waals surface area contributed by atoms with Crippen LogP contribution in [0.2, 0.25) is 0 Å². The van der Waals surface area contributed by atoms with Crippen LogP contribution < -0.4 is 16.0 Å². The normalized spacial score (nSPS) is 27.4. The predicted octanol–water partition coefficient (Wildman–Crippen LogP) is 17.9. The van der Waals surface area contributed by atoms with E-state index in [9.17, 15) is 0 Å². The maximum absolute atomic E-state index is 7.74. The number of rotatable bonds is 4. The van der Waals surface area contributed by atoms with Crippen molar-refractivity contribution in [2.24, 2.45) is 35.5 Å². The molecule has 3 aromatic heterocycles. The van der Waals surface area contributed by atoms with Crippen LogP contribution in [0.5, 0.6) is 0 Å². The third-order valence-corrected chi connectivity index (χ3v) is 22.2. The van der Waals surface area contributed by atoms with Crippen molar-refractivity contribution in [1.29, 1.82) is 0 Å². The molecule has 11 aromatic rings. The minimum atomic E-state index is -0.257. The van der Waals surface area contributed by atoms with Gasteiger partial charge in [0, 0.05) is 43.7 Å². The van der Waals surface area contributed by atoms with Crippen LogP contribution in [0.15, 0.2) is 154 Å². The molecule has 0 spiro atoms. The SMILES string of the molecule is CC(C)(C)c1ccc(N2c3c4c(cc5c3oc3ccccc35)-c3cc(C56CC7CC(CC(C7)C5)C6)cc5c6cc(C78CC9CC(CC(C9)C7)C8)ccc6n(c35)B4c3oc4ccc5ccccc5c4c32)c(-c2ccccc2)c1. The summed E-state index contributed by atoms with van der Waals surface area (Å²) in [5.41, 5.74) is 21.2. The summed E-state index contributed by atoms with van der Waals surface area (Å²) in [6.45, 7) is 6.76. The van der Waals surface area contributed by atoms with Crippen LogP contribution in [0.3, 0.4) is 0 Å². The standard InChI is InChI=1S/C72H63BN2O2/c1-70(2,3)48-18-20-59(53(29-48)46-11-5-4-6-12-46)74-66-63-51-14-8-7-13-47(51)17-22-62(63)77-69(66)73-64-55(33-58-52-15-9-10-16-61(52)76-68(58)67(64)74)57-32-50(72-37-43-26-44(38-72)28-45(27-43)39-72)31-56-54-30-49(19-21-60(54)75(73)65(56)57)71-34-40-23-41(35-71)25-42(24-40)36-71/h4-22,29-33,40-45H,23-28,34-39H2,1-3H3. The zero-order valence-electron chi connectivity index (χ0n) is 44.6. The van der Waals surface area contributed by atoms with Gasteiger partial charge >= 0.3 is 6.85 Å². The van der Waals surface area contributed by atoms with E-state index in [0.29, 0.717) is 0 Å². The predicted molar refractivity (Wildman–Crippen MR) is 318 cm³/mol. The minimum Gasteiger partial charge on any atom is -0.466 e. The number of benzene rings is 8. The molecule has 8 aliphatic carbocycles. The molecule has 0 saturated heterocycles. The van der Waals surface area contributed by atoms with E-state index < -0.39 is 0 Å². The zero-order chi connectivity index (χ0) is 50.4. The van der Waals surface area contributed by atoms with Crippen LogP contribution in [-0.2, 0) is 16.2 Å². The molecule has 0 amide bonds. The van der Waals surface area contributed by atoms with Crippen LogP contribution in [0.1, 0.15) is 115 Å². The summed E-state index contributed by atoms with van der Waals surface area (Å²) in [6, 6.07) is 56.7. The molecular formula is C72H63BN2O2. The van der Waals surface area contributed by atoms with Crippen molar-refractivity contribution in [1.82, 2.24) is 4.48 Å². The summed E-state index contributed by atoms with van der Waals surface area (Å²) >= 11 is 0. The number of furan rings is 2. The van der Waals surface area contributed by atoms with Crippen molar-refractivity contribution in [3.05, 3.63) is 162 Å². The highest BCUT2D eigenvalue weighted by molar-refractivity contribution is 6.90. The Balaban J connectivity index is 0.982. The molecule has 8 bridgehead atoms. The summed E-state index contributed by atoms with van der Waals surface area (Å²) in [5, 5.41) is 8.80. The molecule has 2 aliphatic heterocycles. The second-order valence-electron chi connectivity index (χ2n) is 27.6. The molecule has 4 nitrogen and oxygen atoms in total. The molecule has 8 saturated carbocycles. The van der Waals surface area contributed by atoms with Gasteiger partial charge in [-0.15, -0.1) is 0 Å². The lowest BCUT2D eigenvalue weighted by Gasteiger charge is -2.57. The van der Waals surface area contributed by atoms with Crippen LogP contribution >= 0.6 is 0 Å². The first-order valence-electron chi connectivity index (χ1n) is 29.7. The Bertz CT molecular complexity index is 4350. The third kappa shape index (κ3) is 5.66. The van der Waals surface area contributed by atoms with Gasteiger partial charge in [0.25, 0.3) is 0 Å². The molecule has 0 unspecified atom stereocenters. The van der Waals surface area contributed by atoms with E-state index >= 15 is 0 Å². The second kappa shape index (κ2) is 14.6. The fourth-order valence-electron chi connectivity index (χ4n) is 19.9. The van der Waals surface area contributed by atoms with Gasteiger partial charge in [0.05, 0.1) is 22.4 Å². The summed E-state index contributed by atoms with van der Waals surface area (Å²) in [5.74, 6) is 5.21. The Hall–Kier alpha value is -6.98. The molecule has 5 heterocycles. The molecule has 376 valence electrons. The quantitative estimate of drug-likeness (QED) is 0.165. The van der Waals surface area contributed by atoms with Crippen molar-refractivity contribution >= 4 is 101 Å². The van der Waals surface area contributed by atoms with Gasteiger partial charge in [0.2, 0.25) is 0 Å². The number of aromatic nitrogens is 1. The van der Waals surface area contributed by atoms with Crippen molar-refractivity contribution in [3.8, 4) is 22.3 Å². The lowest BCUT2D eigenvalue weighted by molar-refractivity contribution is -0.00527. The lowest BCUT2D eigenvalue weighted by Crippen LogP contribution is -2.56. The van der Waals surface area contributed by atoms with Crippen LogP contribution in [0.4, 0.5) is 17.1 Å². The van der Waals surface area contributed by atoms with Gasteiger partial charge in [0.15, 0.2) is 5.58 Å². The molecule has 8 aromatic carbocycles. The average Bonchev–Trinajstić information content (AvgIpc) is 4.30. The largest absolute Gasteiger partial charge is 0.466 e. The number of hydrogen-bond acceptors (Lipinski definition) is 3. The zero-order valence-corrected chi connectivity index (χ0v) is 44.6. The Morgan fingerprint density at radius 3 is 1.86 bits per heavy atom. The summed E-state index contributed by atoms with van der Waals surface area (Å²) in [6.07, 6.45) is 16.8. The summed E-state index contributed by atoms with van der Waals surface area (Å²) in [4.78, 5) is 2.63.